The third kappa shape index (κ3) is 4.57. The van der Waals surface area contributed by atoms with Crippen LogP contribution in [0.5, 0.6) is 0 Å². The summed E-state index contributed by atoms with van der Waals surface area (Å²) in [5, 5.41) is 0.730. The number of nitrogens with zero attached hydrogens (tertiary/aromatic N) is 4. The first-order valence-corrected chi connectivity index (χ1v) is 11.9. The van der Waals surface area contributed by atoms with Crippen LogP contribution in [0.3, 0.4) is 0 Å². The normalized spacial score (nSPS) is 18.2. The molecule has 4 heterocycles. The Kier molecular flexibility index (Phi) is 6.25. The number of rotatable bonds is 6. The van der Waals surface area contributed by atoms with Gasteiger partial charge in [-0.1, -0.05) is 11.6 Å². The molecule has 1 unspecified atom stereocenters. The van der Waals surface area contributed by atoms with Gasteiger partial charge in [0.2, 0.25) is 10.0 Å². The summed E-state index contributed by atoms with van der Waals surface area (Å²) in [7, 11) is -3.35. The van der Waals surface area contributed by atoms with Gasteiger partial charge in [0.05, 0.1) is 34.9 Å². The van der Waals surface area contributed by atoms with E-state index in [1.807, 2.05) is 0 Å². The van der Waals surface area contributed by atoms with Gasteiger partial charge in [0.25, 0.3) is 0 Å². The monoisotopic (exact) mass is 467 g/mol. The number of hydrogen-bond donors (Lipinski definition) is 1. The Bertz CT molecular complexity index is 1200. The van der Waals surface area contributed by atoms with Crippen LogP contribution in [0.15, 0.2) is 24.7 Å². The Morgan fingerprint density at radius 2 is 2.16 bits per heavy atom. The highest BCUT2D eigenvalue weighted by molar-refractivity contribution is 7.89. The minimum Gasteiger partial charge on any atom is -0.375 e. The summed E-state index contributed by atoms with van der Waals surface area (Å²) in [6.45, 7) is 4.22. The largest absolute Gasteiger partial charge is 0.375 e. The van der Waals surface area contributed by atoms with E-state index in [4.69, 9.17) is 16.3 Å². The van der Waals surface area contributed by atoms with Crippen LogP contribution >= 0.6 is 11.6 Å². The van der Waals surface area contributed by atoms with E-state index in [1.54, 1.807) is 26.1 Å². The van der Waals surface area contributed by atoms with E-state index in [9.17, 15) is 12.8 Å². The van der Waals surface area contributed by atoms with Gasteiger partial charge in [0.15, 0.2) is 11.6 Å². The number of aromatic nitrogens is 4. The quantitative estimate of drug-likeness (QED) is 0.597. The second-order valence-corrected chi connectivity index (χ2v) is 10.6. The Hall–Kier alpha value is -2.14. The Morgan fingerprint density at radius 1 is 1.35 bits per heavy atom. The molecule has 3 aromatic rings. The minimum absolute atomic E-state index is 0.252. The molecule has 3 aromatic heterocycles. The average molecular weight is 468 g/mol. The molecule has 11 heteroatoms. The molecule has 1 atom stereocenters. The van der Waals surface area contributed by atoms with Gasteiger partial charge in [0, 0.05) is 36.4 Å². The number of morpholine rings is 1. The highest BCUT2D eigenvalue weighted by atomic mass is 35.5. The predicted octanol–water partition coefficient (Wildman–Crippen LogP) is 3.18. The summed E-state index contributed by atoms with van der Waals surface area (Å²) in [6.07, 6.45) is 4.81. The van der Waals surface area contributed by atoms with Crippen LogP contribution in [0.25, 0.3) is 22.4 Å². The van der Waals surface area contributed by atoms with Gasteiger partial charge in [0.1, 0.15) is 5.65 Å². The molecule has 0 spiro atoms. The van der Waals surface area contributed by atoms with Crippen molar-refractivity contribution in [1.29, 1.82) is 0 Å². The molecular weight excluding hydrogens is 445 g/mol. The molecule has 0 radical (unpaired) electrons. The summed E-state index contributed by atoms with van der Waals surface area (Å²) >= 11 is 6.05. The van der Waals surface area contributed by atoms with E-state index in [1.165, 1.54) is 10.5 Å². The highest BCUT2D eigenvalue weighted by Gasteiger charge is 2.31. The number of fused-ring (bicyclic) bond motifs is 1. The van der Waals surface area contributed by atoms with E-state index in [-0.39, 0.29) is 18.3 Å². The zero-order chi connectivity index (χ0) is 22.2. The maximum atomic E-state index is 14.4. The standard InChI is InChI=1S/C20H23ClFN5O3S/c1-12(2)31(28,29)27-5-6-30-14(11-27)3-4-18-17(22)10-25-20(26-18)16-9-24-19-15(16)7-13(21)8-23-19/h7-10,12,14H,3-6,11H2,1-2H3,(H,23,24). The second-order valence-electron chi connectivity index (χ2n) is 7.72. The van der Waals surface area contributed by atoms with Gasteiger partial charge in [-0.15, -0.1) is 0 Å². The molecule has 1 N–H and O–H groups in total. The first-order chi connectivity index (χ1) is 14.8. The molecule has 1 saturated heterocycles. The lowest BCUT2D eigenvalue weighted by molar-refractivity contribution is -0.00566. The van der Waals surface area contributed by atoms with E-state index in [0.29, 0.717) is 48.1 Å². The van der Waals surface area contributed by atoms with Crippen molar-refractivity contribution in [2.24, 2.45) is 0 Å². The number of aryl methyl sites for hydroxylation is 1. The highest BCUT2D eigenvalue weighted by Crippen LogP contribution is 2.28. The summed E-state index contributed by atoms with van der Waals surface area (Å²) in [4.78, 5) is 15.8. The fraction of sp³-hybridized carbons (Fsp3) is 0.450. The molecule has 0 aliphatic carbocycles. The average Bonchev–Trinajstić information content (AvgIpc) is 3.16. The molecule has 1 fully saturated rings. The van der Waals surface area contributed by atoms with Crippen molar-refractivity contribution in [1.82, 2.24) is 24.2 Å². The molecule has 166 valence electrons. The van der Waals surface area contributed by atoms with Crippen LogP contribution in [0.1, 0.15) is 26.0 Å². The zero-order valence-corrected chi connectivity index (χ0v) is 18.7. The Labute approximate surface area is 184 Å². The van der Waals surface area contributed by atoms with Gasteiger partial charge in [-0.2, -0.15) is 4.31 Å². The van der Waals surface area contributed by atoms with Crippen LogP contribution < -0.4 is 0 Å². The van der Waals surface area contributed by atoms with Crippen molar-refractivity contribution < 1.29 is 17.5 Å². The van der Waals surface area contributed by atoms with Crippen molar-refractivity contribution in [3.8, 4) is 11.4 Å². The molecular formula is C20H23ClFN5O3S. The molecule has 8 nitrogen and oxygen atoms in total. The van der Waals surface area contributed by atoms with E-state index in [2.05, 4.69) is 19.9 Å². The number of aromatic amines is 1. The molecule has 1 aliphatic heterocycles. The van der Waals surface area contributed by atoms with Crippen LogP contribution in [0, 0.1) is 5.82 Å². The molecule has 4 rings (SSSR count). The molecule has 0 saturated carbocycles. The molecule has 0 bridgehead atoms. The molecule has 1 aliphatic rings. The van der Waals surface area contributed by atoms with E-state index in [0.717, 1.165) is 11.6 Å². The summed E-state index contributed by atoms with van der Waals surface area (Å²) in [5.74, 6) is -0.150. The maximum absolute atomic E-state index is 14.4. The predicted molar refractivity (Wildman–Crippen MR) is 116 cm³/mol. The number of H-pyrrole nitrogens is 1. The van der Waals surface area contributed by atoms with Crippen LogP contribution in [0.2, 0.25) is 5.02 Å². The fourth-order valence-corrected chi connectivity index (χ4v) is 5.02. The van der Waals surface area contributed by atoms with E-state index >= 15 is 0 Å². The van der Waals surface area contributed by atoms with Gasteiger partial charge in [-0.05, 0) is 32.8 Å². The first-order valence-electron chi connectivity index (χ1n) is 10.0. The van der Waals surface area contributed by atoms with Crippen molar-refractivity contribution in [3.63, 3.8) is 0 Å². The number of nitrogens with one attached hydrogen (secondary N) is 1. The number of pyridine rings is 1. The van der Waals surface area contributed by atoms with Crippen LogP contribution in [-0.2, 0) is 21.2 Å². The maximum Gasteiger partial charge on any atom is 0.216 e. The van der Waals surface area contributed by atoms with Crippen LogP contribution in [-0.4, -0.2) is 63.7 Å². The number of halogens is 2. The van der Waals surface area contributed by atoms with Crippen molar-refractivity contribution in [3.05, 3.63) is 41.2 Å². The Balaban J connectivity index is 1.51. The third-order valence-corrected chi connectivity index (χ3v) is 7.77. The lowest BCUT2D eigenvalue weighted by atomic mass is 10.1. The van der Waals surface area contributed by atoms with Crippen molar-refractivity contribution in [2.45, 2.75) is 38.0 Å². The lowest BCUT2D eigenvalue weighted by Crippen LogP contribution is -2.47. The minimum atomic E-state index is -3.35. The fourth-order valence-electron chi connectivity index (χ4n) is 3.56. The molecule has 0 amide bonds. The Morgan fingerprint density at radius 3 is 2.94 bits per heavy atom. The number of ether oxygens (including phenoxy) is 1. The number of hydrogen-bond acceptors (Lipinski definition) is 6. The summed E-state index contributed by atoms with van der Waals surface area (Å²) in [6, 6.07) is 1.75. The number of sulfonamides is 1. The summed E-state index contributed by atoms with van der Waals surface area (Å²) < 4.78 is 46.5. The van der Waals surface area contributed by atoms with Crippen molar-refractivity contribution >= 4 is 32.7 Å². The van der Waals surface area contributed by atoms with Gasteiger partial charge < -0.3 is 9.72 Å². The van der Waals surface area contributed by atoms with Gasteiger partial charge >= 0.3 is 0 Å². The summed E-state index contributed by atoms with van der Waals surface area (Å²) in [5.41, 5.74) is 1.56. The van der Waals surface area contributed by atoms with Gasteiger partial charge in [-0.25, -0.2) is 27.8 Å². The SMILES string of the molecule is CC(C)S(=O)(=O)N1CCOC(CCc2nc(-c3c[nH]c4ncc(Cl)cc34)ncc2F)C1. The topological polar surface area (TPSA) is 101 Å². The lowest BCUT2D eigenvalue weighted by Gasteiger charge is -2.33. The van der Waals surface area contributed by atoms with Crippen LogP contribution in [0.4, 0.5) is 4.39 Å². The third-order valence-electron chi connectivity index (χ3n) is 5.32. The zero-order valence-electron chi connectivity index (χ0n) is 17.2. The second kappa shape index (κ2) is 8.78. The van der Waals surface area contributed by atoms with E-state index < -0.39 is 21.1 Å². The molecule has 0 aromatic carbocycles. The molecule has 31 heavy (non-hydrogen) atoms. The van der Waals surface area contributed by atoms with Gasteiger partial charge in [-0.3, -0.25) is 0 Å². The first kappa shape index (κ1) is 22.1. The van der Waals surface area contributed by atoms with Crippen molar-refractivity contribution in [2.75, 3.05) is 19.7 Å². The smallest absolute Gasteiger partial charge is 0.216 e.